The second-order valence-electron chi connectivity index (χ2n) is 7.17. The van der Waals surface area contributed by atoms with Gasteiger partial charge in [0.15, 0.2) is 18.2 Å². The number of nitrogens with two attached hydrogens (primary N) is 1. The fourth-order valence-electron chi connectivity index (χ4n) is 3.18. The molecular weight excluding hydrogens is 492 g/mol. The molecule has 0 aliphatic carbocycles. The Morgan fingerprint density at radius 2 is 2.06 bits per heavy atom. The first-order valence-electron chi connectivity index (χ1n) is 9.54. The van der Waals surface area contributed by atoms with E-state index in [1.807, 2.05) is 0 Å². The van der Waals surface area contributed by atoms with Crippen molar-refractivity contribution in [2.24, 2.45) is 10.5 Å². The van der Waals surface area contributed by atoms with Crippen molar-refractivity contribution < 1.29 is 28.5 Å². The summed E-state index contributed by atoms with van der Waals surface area (Å²) in [5.41, 5.74) is 4.41. The maximum absolute atomic E-state index is 13.4. The highest BCUT2D eigenvalue weighted by molar-refractivity contribution is 7.65. The molecule has 2 aromatic carbocycles. The molecule has 11 nitrogen and oxygen atoms in total. The molecule has 0 bridgehead atoms. The van der Waals surface area contributed by atoms with Gasteiger partial charge in [0.2, 0.25) is 0 Å². The van der Waals surface area contributed by atoms with E-state index in [-0.39, 0.29) is 34.1 Å². The van der Waals surface area contributed by atoms with E-state index in [0.717, 1.165) is 16.9 Å². The number of aromatic hydroxyl groups is 1. The third kappa shape index (κ3) is 4.65. The lowest BCUT2D eigenvalue weighted by Gasteiger charge is -2.22. The van der Waals surface area contributed by atoms with Crippen LogP contribution in [0, 0.1) is 5.82 Å². The van der Waals surface area contributed by atoms with E-state index in [0.29, 0.717) is 5.56 Å². The maximum Gasteiger partial charge on any atom is 0.346 e. The second kappa shape index (κ2) is 8.90. The number of primary amides is 1. The second-order valence-corrected chi connectivity index (χ2v) is 9.34. The summed E-state index contributed by atoms with van der Waals surface area (Å²) in [5, 5.41) is 16.6. The molecule has 4 rings (SSSR count). The smallest absolute Gasteiger partial charge is 0.346 e. The van der Waals surface area contributed by atoms with Crippen LogP contribution in [0.25, 0.3) is 0 Å². The van der Waals surface area contributed by atoms with Crippen molar-refractivity contribution in [3.05, 3.63) is 74.9 Å². The summed E-state index contributed by atoms with van der Waals surface area (Å²) in [6, 6.07) is 7.89. The third-order valence-corrected chi connectivity index (χ3v) is 6.49. The number of halogens is 2. The first-order valence-corrected chi connectivity index (χ1v) is 11.5. The van der Waals surface area contributed by atoms with E-state index in [1.165, 1.54) is 30.3 Å². The zero-order valence-corrected chi connectivity index (χ0v) is 18.8. The van der Waals surface area contributed by atoms with Crippen molar-refractivity contribution in [1.29, 1.82) is 0 Å². The van der Waals surface area contributed by atoms with Gasteiger partial charge in [0.1, 0.15) is 17.1 Å². The van der Waals surface area contributed by atoms with Crippen molar-refractivity contribution >= 4 is 41.9 Å². The van der Waals surface area contributed by atoms with Gasteiger partial charge >= 0.3 is 7.52 Å². The molecule has 0 fully saturated rings. The van der Waals surface area contributed by atoms with E-state index in [1.54, 1.807) is 0 Å². The van der Waals surface area contributed by atoms with Crippen LogP contribution in [-0.4, -0.2) is 38.1 Å². The fourth-order valence-corrected chi connectivity index (χ4v) is 4.65. The van der Waals surface area contributed by atoms with Crippen LogP contribution in [0.15, 0.2) is 52.2 Å². The van der Waals surface area contributed by atoms with E-state index in [9.17, 15) is 28.5 Å². The van der Waals surface area contributed by atoms with Crippen LogP contribution in [0.2, 0.25) is 5.02 Å². The molecule has 1 atom stereocenters. The fraction of sp³-hybridized carbons (Fsp3) is 0.100. The lowest BCUT2D eigenvalue weighted by Crippen LogP contribution is -2.34. The highest BCUT2D eigenvalue weighted by Crippen LogP contribution is 2.47. The molecule has 0 spiro atoms. The minimum atomic E-state index is -4.42. The molecule has 1 aliphatic heterocycles. The van der Waals surface area contributed by atoms with Crippen LogP contribution in [0.3, 0.4) is 0 Å². The first-order chi connectivity index (χ1) is 16.0. The summed E-state index contributed by atoms with van der Waals surface area (Å²) in [4.78, 5) is 34.5. The van der Waals surface area contributed by atoms with Gasteiger partial charge in [0, 0.05) is 0 Å². The van der Waals surface area contributed by atoms with Crippen molar-refractivity contribution in [3.8, 4) is 11.5 Å². The maximum atomic E-state index is 13.4. The average Bonchev–Trinajstić information content (AvgIpc) is 2.76. The molecule has 0 saturated carbocycles. The van der Waals surface area contributed by atoms with Crippen molar-refractivity contribution in [2.75, 3.05) is 11.9 Å². The van der Waals surface area contributed by atoms with Crippen LogP contribution in [-0.2, 0) is 15.9 Å². The highest BCUT2D eigenvalue weighted by atomic mass is 35.5. The third-order valence-electron chi connectivity index (χ3n) is 4.73. The summed E-state index contributed by atoms with van der Waals surface area (Å²) in [7, 11) is -4.42. The Morgan fingerprint density at radius 3 is 2.76 bits per heavy atom. The number of carbonyl (C=O) groups is 1. The number of nitrogens with one attached hydrogen (secondary N) is 1. The molecule has 1 aromatic heterocycles. The molecule has 1 amide bonds. The highest BCUT2D eigenvalue weighted by Gasteiger charge is 2.33. The molecular formula is C20H16ClFN5O6P. The number of fused-ring (bicyclic) bond motifs is 1. The molecule has 34 heavy (non-hydrogen) atoms. The van der Waals surface area contributed by atoms with E-state index >= 15 is 0 Å². The number of anilines is 1. The number of carbonyl (C=O) groups excluding carboxylic acids is 1. The number of rotatable bonds is 6. The summed E-state index contributed by atoms with van der Waals surface area (Å²) >= 11 is 5.78. The predicted molar refractivity (Wildman–Crippen MR) is 121 cm³/mol. The molecule has 1 unspecified atom stereocenters. The van der Waals surface area contributed by atoms with Gasteiger partial charge in [-0.3, -0.25) is 14.2 Å². The lowest BCUT2D eigenvalue weighted by atomic mass is 10.2. The van der Waals surface area contributed by atoms with Gasteiger partial charge in [-0.25, -0.2) is 9.07 Å². The molecule has 176 valence electrons. The predicted octanol–water partition coefficient (Wildman–Crippen LogP) is 1.34. The van der Waals surface area contributed by atoms with E-state index in [2.05, 4.69) is 15.2 Å². The molecule has 0 radical (unpaired) electrons. The normalized spacial score (nSPS) is 16.9. The van der Waals surface area contributed by atoms with Crippen LogP contribution in [0.5, 0.6) is 11.5 Å². The zero-order valence-electron chi connectivity index (χ0n) is 17.1. The molecule has 0 saturated heterocycles. The number of ether oxygens (including phenoxy) is 1. The lowest BCUT2D eigenvalue weighted by molar-refractivity contribution is -0.119. The average molecular weight is 508 g/mol. The Balaban J connectivity index is 1.71. The Morgan fingerprint density at radius 1 is 1.29 bits per heavy atom. The summed E-state index contributed by atoms with van der Waals surface area (Å²) < 4.78 is 36.2. The van der Waals surface area contributed by atoms with E-state index < -0.39 is 42.7 Å². The number of amides is 1. The zero-order chi connectivity index (χ0) is 24.6. The largest absolute Gasteiger partial charge is 0.505 e. The standard InChI is InChI=1S/C20H16ClFN5O6P/c21-12-5-10(1-3-13(12)22)8-27-20(30)18(15(28)7-24-27)19-25-14-4-2-11(33-9-17(23)29)6-16(14)34(31,32)26-19/h1-7,28H,8-9H2,(H2,23,29)(H2,25,26,31,32). The minimum absolute atomic E-state index is 0.111. The number of hydrogen-bond acceptors (Lipinski definition) is 7. The van der Waals surface area contributed by atoms with Crippen LogP contribution in [0.1, 0.15) is 11.1 Å². The summed E-state index contributed by atoms with van der Waals surface area (Å²) in [6.07, 6.45) is 0.977. The van der Waals surface area contributed by atoms with Crippen LogP contribution < -0.4 is 26.7 Å². The van der Waals surface area contributed by atoms with Gasteiger partial charge in [-0.15, -0.1) is 0 Å². The van der Waals surface area contributed by atoms with Crippen molar-refractivity contribution in [1.82, 2.24) is 9.78 Å². The number of amidine groups is 1. The Labute approximate surface area is 195 Å². The van der Waals surface area contributed by atoms with Gasteiger partial charge in [0.25, 0.3) is 11.5 Å². The van der Waals surface area contributed by atoms with Gasteiger partial charge in [-0.1, -0.05) is 17.7 Å². The summed E-state index contributed by atoms with van der Waals surface area (Å²) in [5.74, 6) is -2.16. The Bertz CT molecular complexity index is 1460. The topological polar surface area (TPSA) is 169 Å². The number of benzene rings is 2. The quantitative estimate of drug-likeness (QED) is 0.362. The number of aromatic nitrogens is 2. The number of hydrogen-bond donors (Lipinski definition) is 4. The van der Waals surface area contributed by atoms with E-state index in [4.69, 9.17) is 22.1 Å². The molecule has 1 aliphatic rings. The Kier molecular flexibility index (Phi) is 6.13. The van der Waals surface area contributed by atoms with Crippen LogP contribution in [0.4, 0.5) is 10.1 Å². The summed E-state index contributed by atoms with van der Waals surface area (Å²) in [6.45, 7) is -0.548. The minimum Gasteiger partial charge on any atom is -0.505 e. The van der Waals surface area contributed by atoms with Crippen molar-refractivity contribution in [2.45, 2.75) is 6.54 Å². The molecule has 2 heterocycles. The van der Waals surface area contributed by atoms with Gasteiger partial charge in [-0.2, -0.15) is 9.86 Å². The molecule has 14 heteroatoms. The Hall–Kier alpha value is -3.73. The van der Waals surface area contributed by atoms with Crippen molar-refractivity contribution in [3.63, 3.8) is 0 Å². The number of nitrogens with zero attached hydrogens (tertiary/aromatic N) is 3. The van der Waals surface area contributed by atoms with Crippen LogP contribution >= 0.6 is 19.1 Å². The monoisotopic (exact) mass is 507 g/mol. The van der Waals surface area contributed by atoms with Gasteiger partial charge in [-0.05, 0) is 35.9 Å². The van der Waals surface area contributed by atoms with Gasteiger partial charge in [0.05, 0.1) is 28.8 Å². The SMILES string of the molecule is NC(=O)COc1ccc2c(c1)P(=O)(O)N=C(c1c(O)cnn(Cc3ccc(F)c(Cl)c3)c1=O)N2. The van der Waals surface area contributed by atoms with Gasteiger partial charge < -0.3 is 25.8 Å². The first kappa shape index (κ1) is 23.4. The molecule has 5 N–H and O–H groups in total. The molecule has 3 aromatic rings.